The number of carbonyl (C=O) groups is 1. The molecule has 0 radical (unpaired) electrons. The van der Waals surface area contributed by atoms with Gasteiger partial charge >= 0.3 is 0 Å². The highest BCUT2D eigenvalue weighted by atomic mass is 16.6. The third-order valence-electron chi connectivity index (χ3n) is 6.16. The van der Waals surface area contributed by atoms with Crippen molar-refractivity contribution in [1.29, 1.82) is 0 Å². The Bertz CT molecular complexity index is 883. The Kier molecular flexibility index (Phi) is 6.58. The summed E-state index contributed by atoms with van der Waals surface area (Å²) in [5, 5.41) is 9.84. The number of pyridine rings is 1. The van der Waals surface area contributed by atoms with Gasteiger partial charge in [-0.15, -0.1) is 0 Å². The molecule has 2 aromatic rings. The molecule has 31 heavy (non-hydrogen) atoms. The molecule has 166 valence electrons. The van der Waals surface area contributed by atoms with Gasteiger partial charge in [0.2, 0.25) is 0 Å². The maximum absolute atomic E-state index is 12.4. The number of ether oxygens (including phenoxy) is 2. The van der Waals surface area contributed by atoms with E-state index in [1.807, 2.05) is 12.1 Å². The summed E-state index contributed by atoms with van der Waals surface area (Å²) in [6.45, 7) is 6.75. The van der Waals surface area contributed by atoms with Crippen molar-refractivity contribution >= 4 is 5.78 Å². The molecule has 0 spiro atoms. The predicted molar refractivity (Wildman–Crippen MR) is 118 cm³/mol. The van der Waals surface area contributed by atoms with Crippen LogP contribution in [-0.4, -0.2) is 46.1 Å². The van der Waals surface area contributed by atoms with E-state index in [0.29, 0.717) is 36.9 Å². The van der Waals surface area contributed by atoms with E-state index in [0.717, 1.165) is 38.0 Å². The van der Waals surface area contributed by atoms with E-state index in [1.165, 1.54) is 5.56 Å². The normalized spacial score (nSPS) is 19.9. The van der Waals surface area contributed by atoms with Gasteiger partial charge in [-0.05, 0) is 69.5 Å². The molecule has 4 rings (SSSR count). The Morgan fingerprint density at radius 1 is 1.19 bits per heavy atom. The van der Waals surface area contributed by atoms with E-state index in [1.54, 1.807) is 20.0 Å². The third kappa shape index (κ3) is 5.83. The molecule has 0 aliphatic carbocycles. The Hall–Kier alpha value is -2.44. The van der Waals surface area contributed by atoms with Gasteiger partial charge in [-0.2, -0.15) is 0 Å². The van der Waals surface area contributed by atoms with Gasteiger partial charge in [0.15, 0.2) is 11.9 Å². The number of rotatable bonds is 7. The first-order valence-corrected chi connectivity index (χ1v) is 11.2. The van der Waals surface area contributed by atoms with Crippen LogP contribution < -0.4 is 9.47 Å². The average molecular weight is 425 g/mol. The number of benzene rings is 1. The molecule has 3 heterocycles. The molecule has 0 amide bonds. The Labute approximate surface area is 184 Å². The lowest BCUT2D eigenvalue weighted by molar-refractivity contribution is -0.125. The van der Waals surface area contributed by atoms with E-state index in [2.05, 4.69) is 34.1 Å². The van der Waals surface area contributed by atoms with Crippen LogP contribution in [0.15, 0.2) is 42.6 Å². The van der Waals surface area contributed by atoms with Crippen LogP contribution in [0.5, 0.6) is 11.6 Å². The number of hydrogen-bond donors (Lipinski definition) is 1. The summed E-state index contributed by atoms with van der Waals surface area (Å²) in [4.78, 5) is 19.1. The summed E-state index contributed by atoms with van der Waals surface area (Å²) in [6.07, 6.45) is 4.38. The van der Waals surface area contributed by atoms with Crippen LogP contribution >= 0.6 is 0 Å². The second-order valence-electron chi connectivity index (χ2n) is 9.29. The zero-order chi connectivity index (χ0) is 21.8. The number of hydrogen-bond acceptors (Lipinski definition) is 6. The van der Waals surface area contributed by atoms with Gasteiger partial charge in [0.05, 0.1) is 5.60 Å². The van der Waals surface area contributed by atoms with Crippen molar-refractivity contribution in [3.05, 3.63) is 53.7 Å². The maximum Gasteiger partial charge on any atom is 0.257 e. The minimum atomic E-state index is -0.767. The molecule has 6 heteroatoms. The molecule has 2 aliphatic heterocycles. The van der Waals surface area contributed by atoms with Crippen molar-refractivity contribution in [3.63, 3.8) is 0 Å². The smallest absolute Gasteiger partial charge is 0.257 e. The number of aromatic nitrogens is 1. The first kappa shape index (κ1) is 21.8. The van der Waals surface area contributed by atoms with Crippen molar-refractivity contribution in [3.8, 4) is 11.6 Å². The van der Waals surface area contributed by atoms with Gasteiger partial charge in [0.25, 0.3) is 5.88 Å². The van der Waals surface area contributed by atoms with Gasteiger partial charge < -0.3 is 14.6 Å². The molecule has 1 fully saturated rings. The van der Waals surface area contributed by atoms with E-state index in [9.17, 15) is 9.90 Å². The minimum absolute atomic E-state index is 0.140. The summed E-state index contributed by atoms with van der Waals surface area (Å²) >= 11 is 0. The number of likely N-dealkylation sites (tertiary alicyclic amines) is 1. The van der Waals surface area contributed by atoms with Gasteiger partial charge in [-0.3, -0.25) is 9.69 Å². The van der Waals surface area contributed by atoms with Crippen LogP contribution in [0.25, 0.3) is 0 Å². The standard InChI is InChI=1S/C25H32N2O4/c1-25(2,29)12-9-21(28)19-10-14-27(15-11-19)16-18-5-7-20(8-6-18)23-17-30-22-4-3-13-26-24(22)31-23/h3-8,13,19,23,29H,9-12,14-17H2,1-2H3/t23-/m1/s1. The number of carbonyl (C=O) groups excluding carboxylic acids is 1. The first-order chi connectivity index (χ1) is 14.9. The van der Waals surface area contributed by atoms with Gasteiger partial charge in [-0.25, -0.2) is 4.98 Å². The lowest BCUT2D eigenvalue weighted by atomic mass is 9.88. The monoisotopic (exact) mass is 424 g/mol. The molecule has 1 atom stereocenters. The molecule has 1 saturated heterocycles. The Balaban J connectivity index is 1.25. The summed E-state index contributed by atoms with van der Waals surface area (Å²) in [7, 11) is 0. The second-order valence-corrected chi connectivity index (χ2v) is 9.29. The molecule has 1 N–H and O–H groups in total. The quantitative estimate of drug-likeness (QED) is 0.726. The van der Waals surface area contributed by atoms with Crippen LogP contribution in [0, 0.1) is 5.92 Å². The number of Topliss-reactive ketones (excluding diaryl/α,β-unsaturated/α-hetero) is 1. The topological polar surface area (TPSA) is 71.9 Å². The summed E-state index contributed by atoms with van der Waals surface area (Å²) < 4.78 is 11.8. The van der Waals surface area contributed by atoms with E-state index >= 15 is 0 Å². The highest BCUT2D eigenvalue weighted by Gasteiger charge is 2.27. The fourth-order valence-electron chi connectivity index (χ4n) is 4.22. The van der Waals surface area contributed by atoms with Crippen molar-refractivity contribution in [1.82, 2.24) is 9.88 Å². The lowest BCUT2D eigenvalue weighted by Crippen LogP contribution is -2.36. The van der Waals surface area contributed by atoms with Crippen molar-refractivity contribution in [2.24, 2.45) is 5.92 Å². The molecule has 1 aromatic heterocycles. The summed E-state index contributed by atoms with van der Waals surface area (Å²) in [6, 6.07) is 12.2. The fraction of sp³-hybridized carbons (Fsp3) is 0.520. The molecule has 0 saturated carbocycles. The Morgan fingerprint density at radius 3 is 2.65 bits per heavy atom. The van der Waals surface area contributed by atoms with Crippen LogP contribution in [-0.2, 0) is 11.3 Å². The average Bonchev–Trinajstić information content (AvgIpc) is 2.78. The predicted octanol–water partition coefficient (Wildman–Crippen LogP) is 3.93. The van der Waals surface area contributed by atoms with Crippen molar-refractivity contribution < 1.29 is 19.4 Å². The molecule has 0 unspecified atom stereocenters. The van der Waals surface area contributed by atoms with Crippen LogP contribution in [0.3, 0.4) is 0 Å². The van der Waals surface area contributed by atoms with E-state index in [-0.39, 0.29) is 12.0 Å². The SMILES string of the molecule is CC(C)(O)CCC(=O)C1CCN(Cc2ccc([C@H]3COc4cccnc4O3)cc2)CC1. The van der Waals surface area contributed by atoms with Crippen LogP contribution in [0.4, 0.5) is 0 Å². The summed E-state index contributed by atoms with van der Waals surface area (Å²) in [5.41, 5.74) is 1.57. The molecule has 1 aromatic carbocycles. The van der Waals surface area contributed by atoms with Crippen molar-refractivity contribution in [2.75, 3.05) is 19.7 Å². The number of nitrogens with zero attached hydrogens (tertiary/aromatic N) is 2. The zero-order valence-corrected chi connectivity index (χ0v) is 18.4. The molecular formula is C25H32N2O4. The van der Waals surface area contributed by atoms with Gasteiger partial charge in [0.1, 0.15) is 12.4 Å². The number of fused-ring (bicyclic) bond motifs is 1. The number of aliphatic hydroxyl groups is 1. The minimum Gasteiger partial charge on any atom is -0.484 e. The Morgan fingerprint density at radius 2 is 1.94 bits per heavy atom. The third-order valence-corrected chi connectivity index (χ3v) is 6.16. The highest BCUT2D eigenvalue weighted by Crippen LogP contribution is 2.34. The van der Waals surface area contributed by atoms with E-state index in [4.69, 9.17) is 9.47 Å². The first-order valence-electron chi connectivity index (χ1n) is 11.2. The maximum atomic E-state index is 12.4. The number of ketones is 1. The molecule has 0 bridgehead atoms. The number of piperidine rings is 1. The molecule has 6 nitrogen and oxygen atoms in total. The van der Waals surface area contributed by atoms with Crippen molar-refractivity contribution in [2.45, 2.75) is 57.8 Å². The lowest BCUT2D eigenvalue weighted by Gasteiger charge is -2.31. The zero-order valence-electron chi connectivity index (χ0n) is 18.4. The van der Waals surface area contributed by atoms with Gasteiger partial charge in [0, 0.05) is 25.1 Å². The fourth-order valence-corrected chi connectivity index (χ4v) is 4.22. The van der Waals surface area contributed by atoms with Crippen LogP contribution in [0.1, 0.15) is 56.8 Å². The summed E-state index contributed by atoms with van der Waals surface area (Å²) in [5.74, 6) is 1.68. The molecule has 2 aliphatic rings. The van der Waals surface area contributed by atoms with Gasteiger partial charge in [-0.1, -0.05) is 24.3 Å². The molecular weight excluding hydrogens is 392 g/mol. The van der Waals surface area contributed by atoms with Crippen LogP contribution in [0.2, 0.25) is 0 Å². The largest absolute Gasteiger partial charge is 0.484 e. The second kappa shape index (κ2) is 9.37. The highest BCUT2D eigenvalue weighted by molar-refractivity contribution is 5.81. The van der Waals surface area contributed by atoms with E-state index < -0.39 is 5.60 Å².